The Labute approximate surface area is 81.0 Å². The van der Waals surface area contributed by atoms with Gasteiger partial charge in [0.15, 0.2) is 11.5 Å². The number of nitrogen functional groups attached to an aromatic ring is 1. The van der Waals surface area contributed by atoms with E-state index in [1.165, 1.54) is 0 Å². The Morgan fingerprint density at radius 1 is 1.57 bits per heavy atom. The Morgan fingerprint density at radius 2 is 2.36 bits per heavy atom. The van der Waals surface area contributed by atoms with Crippen LogP contribution in [-0.4, -0.2) is 19.5 Å². The molecule has 0 aliphatic heterocycles. The molecule has 70 valence electrons. The lowest BCUT2D eigenvalue weighted by molar-refractivity contribution is 0.776. The van der Waals surface area contributed by atoms with Crippen molar-refractivity contribution in [1.29, 1.82) is 0 Å². The molecule has 2 aromatic heterocycles. The lowest BCUT2D eigenvalue weighted by Crippen LogP contribution is -2.00. The second-order valence-corrected chi connectivity index (χ2v) is 2.78. The van der Waals surface area contributed by atoms with Gasteiger partial charge >= 0.3 is 0 Å². The number of hydrogen-bond donors (Lipinski definition) is 1. The van der Waals surface area contributed by atoms with Gasteiger partial charge in [0.2, 0.25) is 5.82 Å². The smallest absolute Gasteiger partial charge is 0.208 e. The largest absolute Gasteiger partial charge is 0.382 e. The van der Waals surface area contributed by atoms with E-state index in [0.29, 0.717) is 22.8 Å². The van der Waals surface area contributed by atoms with Gasteiger partial charge in [0.1, 0.15) is 5.52 Å². The summed E-state index contributed by atoms with van der Waals surface area (Å²) >= 11 is 0. The van der Waals surface area contributed by atoms with Crippen molar-refractivity contribution in [3.63, 3.8) is 0 Å². The molecule has 0 bridgehead atoms. The first kappa shape index (κ1) is 8.51. The van der Waals surface area contributed by atoms with E-state index in [1.807, 2.05) is 11.5 Å². The highest BCUT2D eigenvalue weighted by molar-refractivity contribution is 5.81. The summed E-state index contributed by atoms with van der Waals surface area (Å²) < 4.78 is 1.87. The maximum absolute atomic E-state index is 5.68. The monoisotopic (exact) mass is 187 g/mol. The Hall–Kier alpha value is -2.09. The molecule has 0 unspecified atom stereocenters. The first-order chi connectivity index (χ1) is 6.76. The van der Waals surface area contributed by atoms with Crippen molar-refractivity contribution < 1.29 is 0 Å². The highest BCUT2D eigenvalue weighted by atomic mass is 15.1. The van der Waals surface area contributed by atoms with Crippen molar-refractivity contribution in [2.45, 2.75) is 13.5 Å². The van der Waals surface area contributed by atoms with Gasteiger partial charge in [-0.25, -0.2) is 15.0 Å². The molecular formula is C9H9N5. The number of aromatic nitrogens is 4. The predicted octanol–water partition coefficient (Wildman–Crippen LogP) is 0.410. The Morgan fingerprint density at radius 3 is 3.00 bits per heavy atom. The number of nitrogens with two attached hydrogens (primary N) is 1. The third-order valence-electron chi connectivity index (χ3n) is 1.96. The number of imidazole rings is 1. The summed E-state index contributed by atoms with van der Waals surface area (Å²) in [7, 11) is 0. The Kier molecular flexibility index (Phi) is 1.82. The summed E-state index contributed by atoms with van der Waals surface area (Å²) in [6, 6.07) is 0. The number of aryl methyl sites for hydroxylation is 1. The molecule has 2 heterocycles. The number of terminal acetylenes is 1. The van der Waals surface area contributed by atoms with E-state index < -0.39 is 0 Å². The van der Waals surface area contributed by atoms with Gasteiger partial charge in [0, 0.05) is 6.54 Å². The number of fused-ring (bicyclic) bond motifs is 1. The van der Waals surface area contributed by atoms with Gasteiger partial charge in [-0.15, -0.1) is 6.42 Å². The van der Waals surface area contributed by atoms with Crippen LogP contribution in [0.2, 0.25) is 0 Å². The average Bonchev–Trinajstić information content (AvgIpc) is 2.61. The maximum Gasteiger partial charge on any atom is 0.208 e. The standard InChI is InChI=1S/C9H9N5/c1-3-6-12-8(10)7-9(13-6)14(4-2)5-11-7/h1,5H,4H2,2H3,(H2,10,12,13). The summed E-state index contributed by atoms with van der Waals surface area (Å²) in [5, 5.41) is 0. The first-order valence-electron chi connectivity index (χ1n) is 4.21. The molecule has 5 heteroatoms. The van der Waals surface area contributed by atoms with E-state index in [-0.39, 0.29) is 0 Å². The van der Waals surface area contributed by atoms with Gasteiger partial charge in [0.25, 0.3) is 0 Å². The van der Waals surface area contributed by atoms with Gasteiger partial charge < -0.3 is 10.3 Å². The van der Waals surface area contributed by atoms with Crippen LogP contribution in [0, 0.1) is 12.3 Å². The van der Waals surface area contributed by atoms with Crippen LogP contribution in [0.15, 0.2) is 6.33 Å². The second kappa shape index (κ2) is 3.00. The van der Waals surface area contributed by atoms with Crippen molar-refractivity contribution in [2.24, 2.45) is 0 Å². The van der Waals surface area contributed by atoms with Gasteiger partial charge in [-0.3, -0.25) is 0 Å². The SMILES string of the molecule is C#Cc1nc(N)c2ncn(CC)c2n1. The third kappa shape index (κ3) is 1.09. The highest BCUT2D eigenvalue weighted by Gasteiger charge is 2.08. The molecule has 0 fully saturated rings. The van der Waals surface area contributed by atoms with Crippen LogP contribution in [0.5, 0.6) is 0 Å². The zero-order valence-corrected chi connectivity index (χ0v) is 7.73. The minimum atomic E-state index is 0.296. The fourth-order valence-electron chi connectivity index (χ4n) is 1.26. The van der Waals surface area contributed by atoms with Gasteiger partial charge in [-0.05, 0) is 12.8 Å². The van der Waals surface area contributed by atoms with Gasteiger partial charge in [-0.2, -0.15) is 0 Å². The molecule has 2 rings (SSSR count). The third-order valence-corrected chi connectivity index (χ3v) is 1.96. The van der Waals surface area contributed by atoms with Gasteiger partial charge in [0.05, 0.1) is 6.33 Å². The Balaban J connectivity index is 2.82. The zero-order valence-electron chi connectivity index (χ0n) is 7.73. The van der Waals surface area contributed by atoms with Crippen LogP contribution < -0.4 is 5.73 Å². The molecule has 2 aromatic rings. The number of nitrogens with zero attached hydrogens (tertiary/aromatic N) is 4. The molecule has 0 saturated carbocycles. The molecule has 5 nitrogen and oxygen atoms in total. The first-order valence-corrected chi connectivity index (χ1v) is 4.21. The van der Waals surface area contributed by atoms with E-state index >= 15 is 0 Å². The van der Waals surface area contributed by atoms with Crippen LogP contribution in [0.1, 0.15) is 12.7 Å². The molecule has 0 spiro atoms. The molecule has 0 aliphatic carbocycles. The van der Waals surface area contributed by atoms with E-state index in [2.05, 4.69) is 20.9 Å². The Bertz CT molecular complexity index is 520. The van der Waals surface area contributed by atoms with Crippen molar-refractivity contribution in [3.8, 4) is 12.3 Å². The van der Waals surface area contributed by atoms with Crippen molar-refractivity contribution in [1.82, 2.24) is 19.5 Å². The minimum Gasteiger partial charge on any atom is -0.382 e. The normalized spacial score (nSPS) is 10.3. The number of rotatable bonds is 1. The maximum atomic E-state index is 5.68. The van der Waals surface area contributed by atoms with E-state index in [9.17, 15) is 0 Å². The molecule has 0 amide bonds. The van der Waals surface area contributed by atoms with Crippen LogP contribution in [0.4, 0.5) is 5.82 Å². The zero-order chi connectivity index (χ0) is 10.1. The number of hydrogen-bond acceptors (Lipinski definition) is 4. The summed E-state index contributed by atoms with van der Waals surface area (Å²) in [5.41, 5.74) is 6.97. The lowest BCUT2D eigenvalue weighted by Gasteiger charge is -1.99. The van der Waals surface area contributed by atoms with Crippen LogP contribution in [0.25, 0.3) is 11.2 Å². The van der Waals surface area contributed by atoms with E-state index in [4.69, 9.17) is 12.2 Å². The average molecular weight is 187 g/mol. The van der Waals surface area contributed by atoms with Crippen molar-refractivity contribution in [3.05, 3.63) is 12.2 Å². The molecule has 14 heavy (non-hydrogen) atoms. The molecule has 0 atom stereocenters. The van der Waals surface area contributed by atoms with Crippen LogP contribution in [-0.2, 0) is 6.54 Å². The summed E-state index contributed by atoms with van der Waals surface area (Å²) in [6.07, 6.45) is 6.89. The molecular weight excluding hydrogens is 178 g/mol. The van der Waals surface area contributed by atoms with Gasteiger partial charge in [-0.1, -0.05) is 0 Å². The van der Waals surface area contributed by atoms with Crippen LogP contribution >= 0.6 is 0 Å². The fraction of sp³-hybridized carbons (Fsp3) is 0.222. The summed E-state index contributed by atoms with van der Waals surface area (Å²) in [6.45, 7) is 2.77. The van der Waals surface area contributed by atoms with E-state index in [0.717, 1.165) is 6.54 Å². The quantitative estimate of drug-likeness (QED) is 0.656. The molecule has 0 aliphatic rings. The predicted molar refractivity (Wildman–Crippen MR) is 53.3 cm³/mol. The fourth-order valence-corrected chi connectivity index (χ4v) is 1.26. The van der Waals surface area contributed by atoms with Crippen molar-refractivity contribution >= 4 is 17.0 Å². The molecule has 0 radical (unpaired) electrons. The molecule has 0 aromatic carbocycles. The van der Waals surface area contributed by atoms with E-state index in [1.54, 1.807) is 6.33 Å². The summed E-state index contributed by atoms with van der Waals surface area (Å²) in [4.78, 5) is 12.2. The molecule has 2 N–H and O–H groups in total. The summed E-state index contributed by atoms with van der Waals surface area (Å²) in [5.74, 6) is 2.98. The number of anilines is 1. The molecule has 0 saturated heterocycles. The van der Waals surface area contributed by atoms with Crippen molar-refractivity contribution in [2.75, 3.05) is 5.73 Å². The highest BCUT2D eigenvalue weighted by Crippen LogP contribution is 2.15. The lowest BCUT2D eigenvalue weighted by atomic mass is 10.4. The second-order valence-electron chi connectivity index (χ2n) is 2.78. The topological polar surface area (TPSA) is 69.6 Å². The minimum absolute atomic E-state index is 0.296. The van der Waals surface area contributed by atoms with Crippen LogP contribution in [0.3, 0.4) is 0 Å².